The standard InChI is InChI=1S/C16H18N2/c1-13-6-5-11-18(13)16-10-9-15(12-17-16)14-7-3-2-4-8-14/h2-4,7-10,12-13H,5-6,11H2,1H3. The van der Waals surface area contributed by atoms with Gasteiger partial charge in [-0.05, 0) is 37.5 Å². The minimum atomic E-state index is 0.625. The average molecular weight is 238 g/mol. The first-order valence-corrected chi connectivity index (χ1v) is 6.63. The number of rotatable bonds is 2. The number of nitrogens with zero attached hydrogens (tertiary/aromatic N) is 2. The van der Waals surface area contributed by atoms with E-state index in [1.807, 2.05) is 12.3 Å². The van der Waals surface area contributed by atoms with Crippen LogP contribution in [-0.2, 0) is 0 Å². The van der Waals surface area contributed by atoms with Gasteiger partial charge in [-0.3, -0.25) is 0 Å². The van der Waals surface area contributed by atoms with Gasteiger partial charge in [0.05, 0.1) is 0 Å². The molecule has 2 nitrogen and oxygen atoms in total. The highest BCUT2D eigenvalue weighted by Crippen LogP contribution is 2.25. The van der Waals surface area contributed by atoms with Crippen molar-refractivity contribution in [2.45, 2.75) is 25.8 Å². The number of hydrogen-bond acceptors (Lipinski definition) is 2. The largest absolute Gasteiger partial charge is 0.354 e. The third-order valence-electron chi connectivity index (χ3n) is 3.70. The first-order valence-electron chi connectivity index (χ1n) is 6.63. The Morgan fingerprint density at radius 2 is 1.89 bits per heavy atom. The van der Waals surface area contributed by atoms with E-state index in [1.165, 1.54) is 24.0 Å². The van der Waals surface area contributed by atoms with E-state index in [0.717, 1.165) is 12.4 Å². The summed E-state index contributed by atoms with van der Waals surface area (Å²) in [6.07, 6.45) is 4.54. The smallest absolute Gasteiger partial charge is 0.128 e. The molecule has 0 amide bonds. The van der Waals surface area contributed by atoms with E-state index in [2.05, 4.69) is 53.2 Å². The summed E-state index contributed by atoms with van der Waals surface area (Å²) in [5.74, 6) is 1.11. The number of benzene rings is 1. The van der Waals surface area contributed by atoms with Crippen molar-refractivity contribution in [2.24, 2.45) is 0 Å². The number of pyridine rings is 1. The molecule has 1 aliphatic rings. The van der Waals surface area contributed by atoms with Crippen molar-refractivity contribution >= 4 is 5.82 Å². The monoisotopic (exact) mass is 238 g/mol. The van der Waals surface area contributed by atoms with Gasteiger partial charge in [-0.2, -0.15) is 0 Å². The predicted octanol–water partition coefficient (Wildman–Crippen LogP) is 3.74. The van der Waals surface area contributed by atoms with Crippen LogP contribution >= 0.6 is 0 Å². The van der Waals surface area contributed by atoms with Gasteiger partial charge in [0.1, 0.15) is 5.82 Å². The van der Waals surface area contributed by atoms with Gasteiger partial charge < -0.3 is 4.90 Å². The van der Waals surface area contributed by atoms with Gasteiger partial charge in [0.25, 0.3) is 0 Å². The molecule has 92 valence electrons. The van der Waals surface area contributed by atoms with Gasteiger partial charge in [-0.15, -0.1) is 0 Å². The Morgan fingerprint density at radius 3 is 2.50 bits per heavy atom. The Hall–Kier alpha value is -1.83. The predicted molar refractivity (Wildman–Crippen MR) is 75.7 cm³/mol. The van der Waals surface area contributed by atoms with E-state index in [9.17, 15) is 0 Å². The Morgan fingerprint density at radius 1 is 1.06 bits per heavy atom. The summed E-state index contributed by atoms with van der Waals surface area (Å²) in [4.78, 5) is 7.01. The van der Waals surface area contributed by atoms with E-state index < -0.39 is 0 Å². The van der Waals surface area contributed by atoms with Gasteiger partial charge in [-0.1, -0.05) is 30.3 Å². The molecule has 0 radical (unpaired) electrons. The summed E-state index contributed by atoms with van der Waals surface area (Å²) < 4.78 is 0. The molecule has 0 N–H and O–H groups in total. The van der Waals surface area contributed by atoms with Crippen LogP contribution in [0.1, 0.15) is 19.8 Å². The van der Waals surface area contributed by atoms with Crippen LogP contribution in [0.3, 0.4) is 0 Å². The Kier molecular flexibility index (Phi) is 3.01. The third-order valence-corrected chi connectivity index (χ3v) is 3.70. The van der Waals surface area contributed by atoms with E-state index in [0.29, 0.717) is 6.04 Å². The average Bonchev–Trinajstić information content (AvgIpc) is 2.86. The molecule has 18 heavy (non-hydrogen) atoms. The van der Waals surface area contributed by atoms with Crippen molar-refractivity contribution < 1.29 is 0 Å². The maximum absolute atomic E-state index is 4.61. The molecule has 1 aromatic heterocycles. The fraction of sp³-hybridized carbons (Fsp3) is 0.312. The molecule has 2 heteroatoms. The zero-order valence-corrected chi connectivity index (χ0v) is 10.7. The fourth-order valence-corrected chi connectivity index (χ4v) is 2.63. The van der Waals surface area contributed by atoms with E-state index >= 15 is 0 Å². The molecule has 3 rings (SSSR count). The van der Waals surface area contributed by atoms with Crippen LogP contribution in [0.5, 0.6) is 0 Å². The quantitative estimate of drug-likeness (QED) is 0.792. The Labute approximate surface area is 108 Å². The lowest BCUT2D eigenvalue weighted by Gasteiger charge is -2.22. The second-order valence-electron chi connectivity index (χ2n) is 4.96. The summed E-state index contributed by atoms with van der Waals surface area (Å²) in [6.45, 7) is 3.42. The molecule has 1 atom stereocenters. The first kappa shape index (κ1) is 11.3. The summed E-state index contributed by atoms with van der Waals surface area (Å²) in [5, 5.41) is 0. The van der Waals surface area contributed by atoms with Gasteiger partial charge in [0, 0.05) is 24.3 Å². The molecule has 1 unspecified atom stereocenters. The lowest BCUT2D eigenvalue weighted by atomic mass is 10.1. The highest BCUT2D eigenvalue weighted by Gasteiger charge is 2.21. The zero-order valence-electron chi connectivity index (χ0n) is 10.7. The topological polar surface area (TPSA) is 16.1 Å². The highest BCUT2D eigenvalue weighted by atomic mass is 15.2. The number of aromatic nitrogens is 1. The molecule has 1 saturated heterocycles. The molecule has 0 saturated carbocycles. The van der Waals surface area contributed by atoms with Crippen LogP contribution in [0.25, 0.3) is 11.1 Å². The molecule has 0 bridgehead atoms. The zero-order chi connectivity index (χ0) is 12.4. The summed E-state index contributed by atoms with van der Waals surface area (Å²) in [6, 6.07) is 15.3. The first-order chi connectivity index (χ1) is 8.84. The number of hydrogen-bond donors (Lipinski definition) is 0. The van der Waals surface area contributed by atoms with E-state index in [4.69, 9.17) is 0 Å². The van der Waals surface area contributed by atoms with Crippen molar-refractivity contribution in [2.75, 3.05) is 11.4 Å². The van der Waals surface area contributed by atoms with E-state index in [1.54, 1.807) is 0 Å². The molecule has 2 aromatic rings. The van der Waals surface area contributed by atoms with Crippen LogP contribution in [0.2, 0.25) is 0 Å². The van der Waals surface area contributed by atoms with Crippen LogP contribution in [0, 0.1) is 0 Å². The molecule has 1 aliphatic heterocycles. The maximum atomic E-state index is 4.61. The van der Waals surface area contributed by atoms with Crippen molar-refractivity contribution in [3.8, 4) is 11.1 Å². The van der Waals surface area contributed by atoms with Crippen LogP contribution < -0.4 is 4.90 Å². The highest BCUT2D eigenvalue weighted by molar-refractivity contribution is 5.63. The van der Waals surface area contributed by atoms with E-state index in [-0.39, 0.29) is 0 Å². The van der Waals surface area contributed by atoms with Gasteiger partial charge in [0.2, 0.25) is 0 Å². The van der Waals surface area contributed by atoms with Crippen molar-refractivity contribution in [1.29, 1.82) is 0 Å². The SMILES string of the molecule is CC1CCCN1c1ccc(-c2ccccc2)cn1. The van der Waals surface area contributed by atoms with Gasteiger partial charge in [0.15, 0.2) is 0 Å². The minimum Gasteiger partial charge on any atom is -0.354 e. The fourth-order valence-electron chi connectivity index (χ4n) is 2.63. The second kappa shape index (κ2) is 4.81. The maximum Gasteiger partial charge on any atom is 0.128 e. The Bertz CT molecular complexity index is 504. The molecule has 2 heterocycles. The molecule has 1 fully saturated rings. The molecule has 1 aromatic carbocycles. The van der Waals surface area contributed by atoms with Crippen LogP contribution in [0.15, 0.2) is 48.7 Å². The van der Waals surface area contributed by atoms with Crippen LogP contribution in [0.4, 0.5) is 5.82 Å². The minimum absolute atomic E-state index is 0.625. The summed E-state index contributed by atoms with van der Waals surface area (Å²) in [7, 11) is 0. The van der Waals surface area contributed by atoms with Crippen molar-refractivity contribution in [1.82, 2.24) is 4.98 Å². The lowest BCUT2D eigenvalue weighted by molar-refractivity contribution is 0.727. The molecular weight excluding hydrogens is 220 g/mol. The summed E-state index contributed by atoms with van der Waals surface area (Å²) in [5.41, 5.74) is 2.41. The second-order valence-corrected chi connectivity index (χ2v) is 4.96. The third kappa shape index (κ3) is 2.10. The summed E-state index contributed by atoms with van der Waals surface area (Å²) >= 11 is 0. The van der Waals surface area contributed by atoms with Crippen molar-refractivity contribution in [3.63, 3.8) is 0 Å². The normalized spacial score (nSPS) is 19.2. The Balaban J connectivity index is 1.85. The lowest BCUT2D eigenvalue weighted by Crippen LogP contribution is -2.26. The van der Waals surface area contributed by atoms with Crippen molar-refractivity contribution in [3.05, 3.63) is 48.7 Å². The number of anilines is 1. The molecular formula is C16H18N2. The molecule has 0 spiro atoms. The molecule has 0 aliphatic carbocycles. The van der Waals surface area contributed by atoms with Crippen LogP contribution in [-0.4, -0.2) is 17.6 Å². The van der Waals surface area contributed by atoms with Gasteiger partial charge in [-0.25, -0.2) is 4.98 Å². The van der Waals surface area contributed by atoms with Gasteiger partial charge >= 0.3 is 0 Å².